The molecule has 0 bridgehead atoms. The van der Waals surface area contributed by atoms with Crippen LogP contribution in [0.1, 0.15) is 53.4 Å². The van der Waals surface area contributed by atoms with Gasteiger partial charge in [-0.1, -0.05) is 27.7 Å². The highest BCUT2D eigenvalue weighted by Gasteiger charge is 2.18. The van der Waals surface area contributed by atoms with Crippen molar-refractivity contribution in [1.82, 2.24) is 9.80 Å². The average Bonchev–Trinajstić information content (AvgIpc) is 2.36. The van der Waals surface area contributed by atoms with Crippen LogP contribution in [0.25, 0.3) is 0 Å². The highest BCUT2D eigenvalue weighted by Crippen LogP contribution is 2.09. The molecular weight excluding hydrogens is 268 g/mol. The number of hydrogen-bond donors (Lipinski definition) is 1. The normalized spacial score (nSPS) is 11.0. The largest absolute Gasteiger partial charge is 0.481 e. The summed E-state index contributed by atoms with van der Waals surface area (Å²) in [6, 6.07) is 0.0155. The van der Waals surface area contributed by atoms with Gasteiger partial charge in [0.15, 0.2) is 0 Å². The number of nitrogens with zero attached hydrogens (tertiary/aromatic N) is 2. The van der Waals surface area contributed by atoms with Crippen LogP contribution in [0, 0.1) is 11.8 Å². The van der Waals surface area contributed by atoms with Gasteiger partial charge in [0.25, 0.3) is 0 Å². The molecule has 0 aromatic heterocycles. The first-order chi connectivity index (χ1) is 9.73. The molecule has 0 heterocycles. The summed E-state index contributed by atoms with van der Waals surface area (Å²) in [5, 5.41) is 8.65. The second-order valence-corrected chi connectivity index (χ2v) is 6.55. The van der Waals surface area contributed by atoms with E-state index in [-0.39, 0.29) is 12.5 Å². The van der Waals surface area contributed by atoms with Crippen LogP contribution in [-0.2, 0) is 4.79 Å². The number of rotatable bonds is 10. The van der Waals surface area contributed by atoms with E-state index in [0.29, 0.717) is 24.8 Å². The quantitative estimate of drug-likeness (QED) is 0.673. The van der Waals surface area contributed by atoms with Crippen molar-refractivity contribution in [2.75, 3.05) is 26.7 Å². The van der Waals surface area contributed by atoms with Crippen LogP contribution in [0.3, 0.4) is 0 Å². The topological polar surface area (TPSA) is 60.9 Å². The van der Waals surface area contributed by atoms with Gasteiger partial charge in [-0.05, 0) is 31.1 Å². The number of carbonyl (C=O) groups excluding carboxylic acids is 1. The van der Waals surface area contributed by atoms with Crippen LogP contribution in [0.15, 0.2) is 0 Å². The lowest BCUT2D eigenvalue weighted by atomic mass is 10.1. The third-order valence-corrected chi connectivity index (χ3v) is 3.43. The first kappa shape index (κ1) is 19.7. The van der Waals surface area contributed by atoms with Crippen LogP contribution in [0.4, 0.5) is 4.79 Å². The molecule has 0 rings (SSSR count). The minimum atomic E-state index is -0.813. The van der Waals surface area contributed by atoms with Crippen molar-refractivity contribution in [3.8, 4) is 0 Å². The number of carbonyl (C=O) groups is 2. The van der Waals surface area contributed by atoms with Crippen molar-refractivity contribution in [3.05, 3.63) is 0 Å². The molecule has 0 spiro atoms. The second-order valence-electron chi connectivity index (χ2n) is 6.55. The minimum absolute atomic E-state index is 0.0155. The van der Waals surface area contributed by atoms with Crippen molar-refractivity contribution >= 4 is 12.0 Å². The highest BCUT2D eigenvalue weighted by atomic mass is 16.4. The lowest BCUT2D eigenvalue weighted by molar-refractivity contribution is -0.137. The van der Waals surface area contributed by atoms with Crippen molar-refractivity contribution in [2.45, 2.75) is 53.4 Å². The fourth-order valence-electron chi connectivity index (χ4n) is 1.94. The Balaban J connectivity index is 4.41. The van der Waals surface area contributed by atoms with E-state index >= 15 is 0 Å². The maximum atomic E-state index is 12.4. The van der Waals surface area contributed by atoms with Gasteiger partial charge in [0.05, 0.1) is 0 Å². The van der Waals surface area contributed by atoms with Gasteiger partial charge in [-0.3, -0.25) is 4.79 Å². The molecule has 0 saturated heterocycles. The summed E-state index contributed by atoms with van der Waals surface area (Å²) in [5.74, 6) is 0.320. The third kappa shape index (κ3) is 10.2. The molecule has 0 aromatic rings. The zero-order valence-corrected chi connectivity index (χ0v) is 14.3. The second kappa shape index (κ2) is 10.5. The number of carboxylic acid groups (broad SMARTS) is 1. The molecule has 0 unspecified atom stereocenters. The average molecular weight is 300 g/mol. The highest BCUT2D eigenvalue weighted by molar-refractivity contribution is 5.74. The lowest BCUT2D eigenvalue weighted by Crippen LogP contribution is -2.43. The summed E-state index contributed by atoms with van der Waals surface area (Å²) < 4.78 is 0. The fourth-order valence-corrected chi connectivity index (χ4v) is 1.94. The van der Waals surface area contributed by atoms with E-state index in [2.05, 4.69) is 27.7 Å². The minimum Gasteiger partial charge on any atom is -0.481 e. The molecule has 0 aliphatic rings. The number of aliphatic carboxylic acids is 1. The van der Waals surface area contributed by atoms with Gasteiger partial charge in [0, 0.05) is 33.1 Å². The third-order valence-electron chi connectivity index (χ3n) is 3.43. The SMILES string of the molecule is CC(C)CCN(CCC(C)C)C(=O)N(C)CCCC(=O)O. The Morgan fingerprint density at radius 3 is 1.81 bits per heavy atom. The van der Waals surface area contributed by atoms with Crippen LogP contribution in [0.5, 0.6) is 0 Å². The molecule has 124 valence electrons. The molecule has 2 amide bonds. The molecule has 21 heavy (non-hydrogen) atoms. The Morgan fingerprint density at radius 1 is 0.952 bits per heavy atom. The van der Waals surface area contributed by atoms with E-state index in [1.807, 2.05) is 4.90 Å². The number of hydrogen-bond acceptors (Lipinski definition) is 2. The monoisotopic (exact) mass is 300 g/mol. The number of urea groups is 1. The zero-order chi connectivity index (χ0) is 16.4. The molecule has 1 N–H and O–H groups in total. The lowest BCUT2D eigenvalue weighted by Gasteiger charge is -2.29. The fraction of sp³-hybridized carbons (Fsp3) is 0.875. The maximum Gasteiger partial charge on any atom is 0.319 e. The van der Waals surface area contributed by atoms with Crippen molar-refractivity contribution in [3.63, 3.8) is 0 Å². The summed E-state index contributed by atoms with van der Waals surface area (Å²) in [6.45, 7) is 10.6. The molecule has 0 atom stereocenters. The van der Waals surface area contributed by atoms with Gasteiger partial charge in [0.2, 0.25) is 0 Å². The standard InChI is InChI=1S/C16H32N2O3/c1-13(2)8-11-18(12-9-14(3)4)16(21)17(5)10-6-7-15(19)20/h13-14H,6-12H2,1-5H3,(H,19,20). The molecule has 0 aliphatic heterocycles. The smallest absolute Gasteiger partial charge is 0.319 e. The number of carboxylic acids is 1. The van der Waals surface area contributed by atoms with Gasteiger partial charge in [-0.15, -0.1) is 0 Å². The first-order valence-corrected chi connectivity index (χ1v) is 7.95. The predicted octanol–water partition coefficient (Wildman–Crippen LogP) is 3.30. The molecule has 5 heteroatoms. The first-order valence-electron chi connectivity index (χ1n) is 7.95. The molecule has 0 aliphatic carbocycles. The van der Waals surface area contributed by atoms with Crippen molar-refractivity contribution in [2.24, 2.45) is 11.8 Å². The summed E-state index contributed by atoms with van der Waals surface area (Å²) in [7, 11) is 1.75. The summed E-state index contributed by atoms with van der Waals surface area (Å²) >= 11 is 0. The summed E-state index contributed by atoms with van der Waals surface area (Å²) in [6.07, 6.45) is 2.59. The summed E-state index contributed by atoms with van der Waals surface area (Å²) in [5.41, 5.74) is 0. The summed E-state index contributed by atoms with van der Waals surface area (Å²) in [4.78, 5) is 26.5. The van der Waals surface area contributed by atoms with Gasteiger partial charge in [-0.25, -0.2) is 4.79 Å². The predicted molar refractivity (Wildman–Crippen MR) is 85.4 cm³/mol. The number of amides is 2. The van der Waals surface area contributed by atoms with Gasteiger partial charge >= 0.3 is 12.0 Å². The molecule has 0 saturated carbocycles. The molecule has 5 nitrogen and oxygen atoms in total. The molecule has 0 aromatic carbocycles. The van der Waals surface area contributed by atoms with E-state index in [1.54, 1.807) is 11.9 Å². The van der Waals surface area contributed by atoms with E-state index in [0.717, 1.165) is 25.9 Å². The van der Waals surface area contributed by atoms with Crippen molar-refractivity contribution in [1.29, 1.82) is 0 Å². The van der Waals surface area contributed by atoms with Crippen LogP contribution in [-0.4, -0.2) is 53.6 Å². The maximum absolute atomic E-state index is 12.4. The Kier molecular flexibility index (Phi) is 9.84. The Hall–Kier alpha value is -1.26. The van der Waals surface area contributed by atoms with Crippen molar-refractivity contribution < 1.29 is 14.7 Å². The molecule has 0 radical (unpaired) electrons. The van der Waals surface area contributed by atoms with Crippen LogP contribution >= 0.6 is 0 Å². The van der Waals surface area contributed by atoms with Gasteiger partial charge < -0.3 is 14.9 Å². The van der Waals surface area contributed by atoms with E-state index in [1.165, 1.54) is 0 Å². The van der Waals surface area contributed by atoms with Gasteiger partial charge in [0.1, 0.15) is 0 Å². The Bertz CT molecular complexity index is 305. The molecule has 0 fully saturated rings. The molecular formula is C16H32N2O3. The Morgan fingerprint density at radius 2 is 1.43 bits per heavy atom. The van der Waals surface area contributed by atoms with Crippen LogP contribution < -0.4 is 0 Å². The van der Waals surface area contributed by atoms with Crippen LogP contribution in [0.2, 0.25) is 0 Å². The Labute approximate surface area is 129 Å². The van der Waals surface area contributed by atoms with E-state index < -0.39 is 5.97 Å². The van der Waals surface area contributed by atoms with Gasteiger partial charge in [-0.2, -0.15) is 0 Å². The van der Waals surface area contributed by atoms with E-state index in [9.17, 15) is 9.59 Å². The zero-order valence-electron chi connectivity index (χ0n) is 14.3. The van der Waals surface area contributed by atoms with E-state index in [4.69, 9.17) is 5.11 Å².